The Morgan fingerprint density at radius 2 is 1.44 bits per heavy atom. The van der Waals surface area contributed by atoms with Gasteiger partial charge in [0.2, 0.25) is 29.5 Å². The van der Waals surface area contributed by atoms with E-state index < -0.39 is 66.1 Å². The van der Waals surface area contributed by atoms with Gasteiger partial charge in [-0.1, -0.05) is 18.2 Å². The number of carboxylic acids is 1. The number of aromatic amines is 1. The molecule has 0 aliphatic rings. The highest BCUT2D eigenvalue weighted by Crippen LogP contribution is 2.19. The first-order valence-corrected chi connectivity index (χ1v) is 13.1. The molecule has 2 rings (SSSR count). The summed E-state index contributed by atoms with van der Waals surface area (Å²) in [7, 11) is 0. The van der Waals surface area contributed by atoms with Gasteiger partial charge in [0, 0.05) is 29.9 Å². The number of rotatable bonds is 18. The summed E-state index contributed by atoms with van der Waals surface area (Å²) in [5.74, 6) is -5.30. The first kappa shape index (κ1) is 32.7. The Kier molecular flexibility index (Phi) is 12.7. The molecule has 1 heterocycles. The number of aromatic nitrogens is 1. The highest BCUT2D eigenvalue weighted by atomic mass is 16.4. The van der Waals surface area contributed by atoms with Crippen molar-refractivity contribution in [3.8, 4) is 0 Å². The normalized spacial score (nSPS) is 13.9. The van der Waals surface area contributed by atoms with Gasteiger partial charge in [-0.2, -0.15) is 0 Å². The summed E-state index contributed by atoms with van der Waals surface area (Å²) in [5.41, 5.74) is 23.0. The van der Waals surface area contributed by atoms with Crippen molar-refractivity contribution in [2.24, 2.45) is 22.9 Å². The summed E-state index contributed by atoms with van der Waals surface area (Å²) in [6.07, 6.45) is 1.73. The molecule has 13 N–H and O–H groups in total. The van der Waals surface area contributed by atoms with E-state index in [4.69, 9.17) is 22.9 Å². The van der Waals surface area contributed by atoms with Gasteiger partial charge >= 0.3 is 5.97 Å². The molecule has 15 heteroatoms. The zero-order valence-corrected chi connectivity index (χ0v) is 22.6. The standard InChI is InChI=1S/C26H38N8O7/c27-10-4-3-7-18(32-23(37)16(28)12-22(30)36)24(38)33-19(8-9-21(29)35)25(39)34-20(26(40)41)11-14-13-31-17-6-2-1-5-15(14)17/h1-2,5-6,13,16,18-20,31H,3-4,7-12,27-28H2,(H2,29,35)(H2,30,36)(H,32,37)(H,33,38)(H,34,39)(H,40,41). The zero-order valence-electron chi connectivity index (χ0n) is 22.6. The van der Waals surface area contributed by atoms with Gasteiger partial charge in [-0.05, 0) is 43.9 Å². The largest absolute Gasteiger partial charge is 0.480 e. The van der Waals surface area contributed by atoms with Crippen molar-refractivity contribution in [2.45, 2.75) is 69.1 Å². The van der Waals surface area contributed by atoms with Crippen molar-refractivity contribution in [1.82, 2.24) is 20.9 Å². The fraction of sp³-hybridized carbons (Fsp3) is 0.462. The van der Waals surface area contributed by atoms with E-state index in [-0.39, 0.29) is 25.7 Å². The average Bonchev–Trinajstić information content (AvgIpc) is 3.32. The first-order chi connectivity index (χ1) is 19.4. The Balaban J connectivity index is 2.20. The third kappa shape index (κ3) is 10.5. The number of hydrogen-bond acceptors (Lipinski definition) is 8. The van der Waals surface area contributed by atoms with Crippen molar-refractivity contribution in [2.75, 3.05) is 6.54 Å². The van der Waals surface area contributed by atoms with Crippen LogP contribution in [0.1, 0.15) is 44.1 Å². The number of nitrogens with two attached hydrogens (primary N) is 4. The van der Waals surface area contributed by atoms with Crippen LogP contribution in [0.25, 0.3) is 10.9 Å². The Morgan fingerprint density at radius 3 is 2.05 bits per heavy atom. The van der Waals surface area contributed by atoms with E-state index in [2.05, 4.69) is 20.9 Å². The van der Waals surface area contributed by atoms with Crippen LogP contribution in [-0.4, -0.2) is 76.3 Å². The predicted octanol–water partition coefficient (Wildman–Crippen LogP) is -2.15. The monoisotopic (exact) mass is 574 g/mol. The van der Waals surface area contributed by atoms with Crippen molar-refractivity contribution < 1.29 is 33.9 Å². The van der Waals surface area contributed by atoms with Gasteiger partial charge in [-0.15, -0.1) is 0 Å². The third-order valence-corrected chi connectivity index (χ3v) is 6.36. The van der Waals surface area contributed by atoms with E-state index in [1.54, 1.807) is 12.3 Å². The number of carbonyl (C=O) groups excluding carboxylic acids is 5. The van der Waals surface area contributed by atoms with Crippen LogP contribution >= 0.6 is 0 Å². The lowest BCUT2D eigenvalue weighted by Gasteiger charge is -2.25. The smallest absolute Gasteiger partial charge is 0.326 e. The van der Waals surface area contributed by atoms with E-state index in [1.165, 1.54) is 0 Å². The summed E-state index contributed by atoms with van der Waals surface area (Å²) in [6.45, 7) is 0.333. The van der Waals surface area contributed by atoms with Gasteiger partial charge in [0.05, 0.1) is 12.5 Å². The van der Waals surface area contributed by atoms with E-state index in [1.807, 2.05) is 18.2 Å². The van der Waals surface area contributed by atoms with Gasteiger partial charge in [-0.25, -0.2) is 4.79 Å². The van der Waals surface area contributed by atoms with Gasteiger partial charge in [-0.3, -0.25) is 24.0 Å². The number of carbonyl (C=O) groups is 6. The molecule has 41 heavy (non-hydrogen) atoms. The maximum absolute atomic E-state index is 13.2. The van der Waals surface area contributed by atoms with Crippen LogP contribution in [0.3, 0.4) is 0 Å². The Hall–Kier alpha value is -4.50. The number of primary amides is 2. The van der Waals surface area contributed by atoms with Crippen molar-refractivity contribution in [3.63, 3.8) is 0 Å². The predicted molar refractivity (Wildman–Crippen MR) is 149 cm³/mol. The summed E-state index contributed by atoms with van der Waals surface area (Å²) >= 11 is 0. The molecule has 0 aliphatic heterocycles. The third-order valence-electron chi connectivity index (χ3n) is 6.36. The van der Waals surface area contributed by atoms with Crippen LogP contribution < -0.4 is 38.9 Å². The van der Waals surface area contributed by atoms with Gasteiger partial charge in [0.15, 0.2) is 0 Å². The molecule has 4 unspecified atom stereocenters. The number of fused-ring (bicyclic) bond motifs is 1. The highest BCUT2D eigenvalue weighted by Gasteiger charge is 2.31. The Bertz CT molecular complexity index is 1250. The summed E-state index contributed by atoms with van der Waals surface area (Å²) in [5, 5.41) is 18.0. The SMILES string of the molecule is NCCCCC(NC(=O)C(N)CC(N)=O)C(=O)NC(CCC(N)=O)C(=O)NC(Cc1c[nH]c2ccccc12)C(=O)O. The van der Waals surface area contributed by atoms with Crippen molar-refractivity contribution in [1.29, 1.82) is 0 Å². The minimum absolute atomic E-state index is 0.0584. The summed E-state index contributed by atoms with van der Waals surface area (Å²) in [4.78, 5) is 76.5. The molecule has 0 fully saturated rings. The maximum atomic E-state index is 13.2. The number of amides is 5. The van der Waals surface area contributed by atoms with Gasteiger partial charge in [0.1, 0.15) is 18.1 Å². The second-order valence-corrected chi connectivity index (χ2v) is 9.65. The first-order valence-electron chi connectivity index (χ1n) is 13.1. The highest BCUT2D eigenvalue weighted by molar-refractivity contribution is 5.95. The molecule has 0 saturated carbocycles. The Morgan fingerprint density at radius 1 is 0.829 bits per heavy atom. The number of carboxylic acid groups (broad SMARTS) is 1. The van der Waals surface area contributed by atoms with Gasteiger partial charge in [0.25, 0.3) is 0 Å². The molecular weight excluding hydrogens is 536 g/mol. The van der Waals surface area contributed by atoms with Crippen LogP contribution in [0.5, 0.6) is 0 Å². The lowest BCUT2D eigenvalue weighted by Crippen LogP contribution is -2.57. The molecule has 0 spiro atoms. The molecule has 0 radical (unpaired) electrons. The lowest BCUT2D eigenvalue weighted by molar-refractivity contribution is -0.142. The van der Waals surface area contributed by atoms with Crippen LogP contribution in [0.2, 0.25) is 0 Å². The number of hydrogen-bond donors (Lipinski definition) is 9. The molecule has 0 saturated heterocycles. The molecule has 224 valence electrons. The van der Waals surface area contributed by atoms with E-state index in [9.17, 15) is 33.9 Å². The molecule has 1 aromatic carbocycles. The minimum atomic E-state index is -1.36. The second kappa shape index (κ2) is 15.9. The summed E-state index contributed by atoms with van der Waals surface area (Å²) < 4.78 is 0. The lowest BCUT2D eigenvalue weighted by atomic mass is 10.0. The van der Waals surface area contributed by atoms with Crippen LogP contribution in [0.15, 0.2) is 30.5 Å². The van der Waals surface area contributed by atoms with E-state index >= 15 is 0 Å². The quantitative estimate of drug-likeness (QED) is 0.0876. The molecule has 5 amide bonds. The molecule has 15 nitrogen and oxygen atoms in total. The molecule has 1 aromatic heterocycles. The van der Waals surface area contributed by atoms with Crippen molar-refractivity contribution in [3.05, 3.63) is 36.0 Å². The molecule has 4 atom stereocenters. The summed E-state index contributed by atoms with van der Waals surface area (Å²) in [6, 6.07) is 2.08. The Labute approximate surface area is 236 Å². The van der Waals surface area contributed by atoms with Crippen LogP contribution in [0, 0.1) is 0 Å². The van der Waals surface area contributed by atoms with Crippen LogP contribution in [0.4, 0.5) is 0 Å². The number of nitrogens with one attached hydrogen (secondary N) is 4. The van der Waals surface area contributed by atoms with E-state index in [0.29, 0.717) is 24.9 Å². The number of H-pyrrole nitrogens is 1. The maximum Gasteiger partial charge on any atom is 0.326 e. The fourth-order valence-electron chi connectivity index (χ4n) is 4.17. The molecule has 2 aromatic rings. The number of unbranched alkanes of at least 4 members (excludes halogenated alkanes) is 1. The van der Waals surface area contributed by atoms with Crippen LogP contribution in [-0.2, 0) is 35.2 Å². The fourth-order valence-corrected chi connectivity index (χ4v) is 4.17. The second-order valence-electron chi connectivity index (χ2n) is 9.65. The number of para-hydroxylation sites is 1. The molecule has 0 aliphatic carbocycles. The topological polar surface area (TPSA) is 279 Å². The average molecular weight is 575 g/mol. The molecular formula is C26H38N8O7. The minimum Gasteiger partial charge on any atom is -0.480 e. The zero-order chi connectivity index (χ0) is 30.5. The number of benzene rings is 1. The molecule has 0 bridgehead atoms. The number of aliphatic carboxylic acids is 1. The van der Waals surface area contributed by atoms with Crippen molar-refractivity contribution >= 4 is 46.4 Å². The van der Waals surface area contributed by atoms with Gasteiger partial charge < -0.3 is 49.0 Å². The van der Waals surface area contributed by atoms with E-state index in [0.717, 1.165) is 10.9 Å².